The molecule has 1 amide bonds. The van der Waals surface area contributed by atoms with Gasteiger partial charge in [-0.15, -0.1) is 0 Å². The molecule has 6 rings (SSSR count). The second-order valence-electron chi connectivity index (χ2n) is 12.2. The minimum atomic E-state index is -0.895. The van der Waals surface area contributed by atoms with Gasteiger partial charge in [0.1, 0.15) is 17.2 Å². The van der Waals surface area contributed by atoms with Crippen LogP contribution in [0.5, 0.6) is 5.75 Å². The van der Waals surface area contributed by atoms with E-state index in [1.165, 1.54) is 0 Å². The van der Waals surface area contributed by atoms with Crippen LogP contribution in [0, 0.1) is 17.2 Å². The number of piperidine rings is 3. The maximum absolute atomic E-state index is 15.6. The highest BCUT2D eigenvalue weighted by molar-refractivity contribution is 5.70. The largest absolute Gasteiger partial charge is 0.488 e. The van der Waals surface area contributed by atoms with Crippen molar-refractivity contribution in [3.05, 3.63) is 53.3 Å². The highest BCUT2D eigenvalue weighted by atomic mass is 19.1. The van der Waals surface area contributed by atoms with Crippen LogP contribution in [0.1, 0.15) is 64.6 Å². The Kier molecular flexibility index (Phi) is 5.86. The number of nitrogens with zero attached hydrogens (tertiary/aromatic N) is 2. The van der Waals surface area contributed by atoms with Crippen LogP contribution in [0.2, 0.25) is 0 Å². The molecule has 2 aromatic rings. The van der Waals surface area contributed by atoms with Crippen LogP contribution in [-0.2, 0) is 6.42 Å². The Bertz CT molecular complexity index is 1110. The average Bonchev–Trinajstić information content (AvgIpc) is 3.03. The Balaban J connectivity index is 1.49. The fourth-order valence-corrected chi connectivity index (χ4v) is 6.55. The summed E-state index contributed by atoms with van der Waals surface area (Å²) in [4.78, 5) is 16.7. The van der Waals surface area contributed by atoms with Gasteiger partial charge in [-0.25, -0.2) is 9.18 Å². The van der Waals surface area contributed by atoms with Crippen LogP contribution < -0.4 is 4.74 Å². The highest BCUT2D eigenvalue weighted by Gasteiger charge is 2.50. The first-order valence-corrected chi connectivity index (χ1v) is 12.8. The molecule has 1 N–H and O–H groups in total. The molecule has 4 aliphatic rings. The van der Waals surface area contributed by atoms with Gasteiger partial charge in [0.25, 0.3) is 0 Å². The van der Waals surface area contributed by atoms with Crippen LogP contribution in [0.25, 0.3) is 11.1 Å². The molecule has 1 aliphatic carbocycles. The third kappa shape index (κ3) is 4.53. The number of amides is 1. The molecule has 3 heterocycles. The lowest BCUT2D eigenvalue weighted by molar-refractivity contribution is -0.0267. The van der Waals surface area contributed by atoms with E-state index in [0.717, 1.165) is 61.3 Å². The fraction of sp³-hybridized carbons (Fsp3) is 0.552. The minimum absolute atomic E-state index is 0.0386. The quantitative estimate of drug-likeness (QED) is 0.553. The summed E-state index contributed by atoms with van der Waals surface area (Å²) < 4.78 is 21.5. The summed E-state index contributed by atoms with van der Waals surface area (Å²) in [6.07, 6.45) is 1.90. The molecule has 2 aromatic carbocycles. The second-order valence-corrected chi connectivity index (χ2v) is 12.2. The molecule has 3 aliphatic heterocycles. The van der Waals surface area contributed by atoms with Crippen LogP contribution >= 0.6 is 0 Å². The summed E-state index contributed by atoms with van der Waals surface area (Å²) in [6.45, 7) is 13.1. The summed E-state index contributed by atoms with van der Waals surface area (Å²) in [7, 11) is 0. The summed E-state index contributed by atoms with van der Waals surface area (Å²) in [5.74, 6) is 0.822. The van der Waals surface area contributed by atoms with Crippen molar-refractivity contribution >= 4 is 6.09 Å². The summed E-state index contributed by atoms with van der Waals surface area (Å²) >= 11 is 0. The summed E-state index contributed by atoms with van der Waals surface area (Å²) in [6, 6.07) is 10.7. The van der Waals surface area contributed by atoms with E-state index in [1.54, 1.807) is 11.0 Å². The molecule has 5 nitrogen and oxygen atoms in total. The van der Waals surface area contributed by atoms with Gasteiger partial charge in [-0.2, -0.15) is 0 Å². The van der Waals surface area contributed by atoms with Crippen LogP contribution in [0.4, 0.5) is 9.18 Å². The number of carbonyl (C=O) groups is 1. The molecule has 0 radical (unpaired) electrons. The van der Waals surface area contributed by atoms with E-state index in [0.29, 0.717) is 11.5 Å². The number of halogens is 1. The molecule has 3 fully saturated rings. The lowest BCUT2D eigenvalue weighted by Gasteiger charge is -2.51. The van der Waals surface area contributed by atoms with Crippen molar-refractivity contribution in [3.8, 4) is 16.9 Å². The Morgan fingerprint density at radius 1 is 1.14 bits per heavy atom. The van der Waals surface area contributed by atoms with Gasteiger partial charge >= 0.3 is 6.09 Å². The highest BCUT2D eigenvalue weighted by Crippen LogP contribution is 2.52. The van der Waals surface area contributed by atoms with Crippen LogP contribution in [0.3, 0.4) is 0 Å². The van der Waals surface area contributed by atoms with Crippen molar-refractivity contribution in [3.63, 3.8) is 0 Å². The van der Waals surface area contributed by atoms with E-state index in [1.807, 2.05) is 51.1 Å². The standard InChI is InChI=1S/C29H37FN2O3/c1-28(2,3)35-21-8-6-18(7-9-21)22-14-20-16-29(4,5)26(23(20)15-24(22)30)32(27(33)34)25-17-31-12-10-19(25)11-13-31/h6-9,14-15,19,25-26H,10-13,16-17H2,1-5H3,(H,33,34)/t25-,26+/m1/s1. The van der Waals surface area contributed by atoms with Gasteiger partial charge in [0.15, 0.2) is 0 Å². The van der Waals surface area contributed by atoms with E-state index < -0.39 is 6.09 Å². The van der Waals surface area contributed by atoms with E-state index in [-0.39, 0.29) is 28.9 Å². The third-order valence-electron chi connectivity index (χ3n) is 7.98. The molecule has 2 atom stereocenters. The van der Waals surface area contributed by atoms with Gasteiger partial charge in [0.05, 0.1) is 12.1 Å². The van der Waals surface area contributed by atoms with Crippen molar-refractivity contribution in [2.45, 2.75) is 71.6 Å². The monoisotopic (exact) mass is 480 g/mol. The van der Waals surface area contributed by atoms with E-state index in [4.69, 9.17) is 4.74 Å². The first-order valence-electron chi connectivity index (χ1n) is 12.8. The SMILES string of the molecule is CC(C)(C)Oc1ccc(-c2cc3c(cc2F)[C@H](N(C(=O)O)[C@@H]2CN4CCC2CC4)C(C)(C)C3)cc1. The zero-order valence-electron chi connectivity index (χ0n) is 21.5. The number of hydrogen-bond acceptors (Lipinski definition) is 3. The van der Waals surface area contributed by atoms with Crippen LogP contribution in [-0.4, -0.2) is 52.3 Å². The Morgan fingerprint density at radius 3 is 2.34 bits per heavy atom. The Hall–Kier alpha value is -2.60. The maximum atomic E-state index is 15.6. The third-order valence-corrected chi connectivity index (χ3v) is 7.98. The minimum Gasteiger partial charge on any atom is -0.488 e. The Labute approximate surface area is 207 Å². The number of carboxylic acid groups (broad SMARTS) is 1. The van der Waals surface area contributed by atoms with Crippen molar-refractivity contribution in [2.75, 3.05) is 19.6 Å². The van der Waals surface area contributed by atoms with Gasteiger partial charge in [-0.05, 0) is 105 Å². The molecule has 2 bridgehead atoms. The van der Waals surface area contributed by atoms with Gasteiger partial charge in [-0.1, -0.05) is 26.0 Å². The first kappa shape index (κ1) is 24.1. The van der Waals surface area contributed by atoms with Gasteiger partial charge < -0.3 is 14.7 Å². The first-order chi connectivity index (χ1) is 16.4. The number of fused-ring (bicyclic) bond motifs is 4. The Morgan fingerprint density at radius 2 is 1.80 bits per heavy atom. The topological polar surface area (TPSA) is 53.0 Å². The predicted octanol–water partition coefficient (Wildman–Crippen LogP) is 6.37. The number of hydrogen-bond donors (Lipinski definition) is 1. The summed E-state index contributed by atoms with van der Waals surface area (Å²) in [5, 5.41) is 10.4. The molecule has 6 heteroatoms. The molecular formula is C29H37FN2O3. The zero-order chi connectivity index (χ0) is 25.1. The smallest absolute Gasteiger partial charge is 0.408 e. The molecule has 188 valence electrons. The molecular weight excluding hydrogens is 443 g/mol. The van der Waals surface area contributed by atoms with Crippen molar-refractivity contribution in [1.82, 2.24) is 9.80 Å². The molecule has 3 saturated heterocycles. The van der Waals surface area contributed by atoms with Gasteiger partial charge in [-0.3, -0.25) is 4.90 Å². The molecule has 0 unspecified atom stereocenters. The lowest BCUT2D eigenvalue weighted by Crippen LogP contribution is -2.60. The molecule has 35 heavy (non-hydrogen) atoms. The number of benzene rings is 2. The summed E-state index contributed by atoms with van der Waals surface area (Å²) in [5.41, 5.74) is 2.59. The molecule has 0 aromatic heterocycles. The van der Waals surface area contributed by atoms with Gasteiger partial charge in [0.2, 0.25) is 0 Å². The zero-order valence-corrected chi connectivity index (χ0v) is 21.5. The number of ether oxygens (including phenoxy) is 1. The van der Waals surface area contributed by atoms with Crippen molar-refractivity contribution in [2.24, 2.45) is 11.3 Å². The maximum Gasteiger partial charge on any atom is 0.408 e. The van der Waals surface area contributed by atoms with E-state index >= 15 is 4.39 Å². The van der Waals surface area contributed by atoms with Gasteiger partial charge in [0, 0.05) is 12.1 Å². The van der Waals surface area contributed by atoms with Crippen LogP contribution in [0.15, 0.2) is 36.4 Å². The van der Waals surface area contributed by atoms with E-state index in [2.05, 4.69) is 18.7 Å². The molecule has 0 spiro atoms. The predicted molar refractivity (Wildman–Crippen MR) is 135 cm³/mol. The van der Waals surface area contributed by atoms with E-state index in [9.17, 15) is 9.90 Å². The van der Waals surface area contributed by atoms with Crippen molar-refractivity contribution < 1.29 is 19.0 Å². The number of rotatable bonds is 4. The van der Waals surface area contributed by atoms with Crippen molar-refractivity contribution in [1.29, 1.82) is 0 Å². The second kappa shape index (κ2) is 8.51. The normalized spacial score (nSPS) is 26.9. The average molecular weight is 481 g/mol. The molecule has 0 saturated carbocycles. The fourth-order valence-electron chi connectivity index (χ4n) is 6.55. The lowest BCUT2D eigenvalue weighted by atomic mass is 9.79.